The first kappa shape index (κ1) is 19.9. The molecule has 1 fully saturated rings. The van der Waals surface area contributed by atoms with Crippen LogP contribution in [0.2, 0.25) is 0 Å². The lowest BCUT2D eigenvalue weighted by Gasteiger charge is -2.35. The van der Waals surface area contributed by atoms with Crippen molar-refractivity contribution >= 4 is 0 Å². The fraction of sp³-hybridized carbons (Fsp3) is 1.00. The Morgan fingerprint density at radius 2 is 0.500 bits per heavy atom. The summed E-state index contributed by atoms with van der Waals surface area (Å²) in [6.45, 7) is 0. The van der Waals surface area contributed by atoms with Crippen LogP contribution in [0.5, 0.6) is 0 Å². The van der Waals surface area contributed by atoms with E-state index in [0.717, 1.165) is 25.7 Å². The van der Waals surface area contributed by atoms with Gasteiger partial charge in [-0.15, -0.1) is 0 Å². The molecular weight excluding hydrogens is 280 g/mol. The van der Waals surface area contributed by atoms with Crippen molar-refractivity contribution in [2.75, 3.05) is 0 Å². The van der Waals surface area contributed by atoms with Crippen molar-refractivity contribution in [2.45, 2.75) is 114 Å². The minimum Gasteiger partial charge on any atom is -0.361 e. The Balaban J connectivity index is 2.40. The maximum absolute atomic E-state index is 9.95. The van der Waals surface area contributed by atoms with Gasteiger partial charge < -0.3 is 20.4 Å². The van der Waals surface area contributed by atoms with Crippen LogP contribution in [0.25, 0.3) is 0 Å². The molecule has 0 radical (unpaired) electrons. The first-order chi connectivity index (χ1) is 10.5. The smallest absolute Gasteiger partial charge is 0.218 e. The summed E-state index contributed by atoms with van der Waals surface area (Å²) in [6.07, 6.45) is 15.5. The largest absolute Gasteiger partial charge is 0.361 e. The zero-order valence-corrected chi connectivity index (χ0v) is 14.1. The minimum atomic E-state index is -2.39. The average Bonchev–Trinajstić information content (AvgIpc) is 2.45. The first-order valence-corrected chi connectivity index (χ1v) is 9.35. The molecule has 0 aromatic carbocycles. The highest BCUT2D eigenvalue weighted by Crippen LogP contribution is 2.29. The second-order valence-corrected chi connectivity index (χ2v) is 7.08. The summed E-state index contributed by atoms with van der Waals surface area (Å²) < 4.78 is 0. The Morgan fingerprint density at radius 1 is 0.318 bits per heavy atom. The van der Waals surface area contributed by atoms with Gasteiger partial charge in [0.1, 0.15) is 0 Å². The van der Waals surface area contributed by atoms with Crippen LogP contribution >= 0.6 is 0 Å². The Morgan fingerprint density at radius 3 is 0.727 bits per heavy atom. The molecule has 0 spiro atoms. The van der Waals surface area contributed by atoms with E-state index in [9.17, 15) is 20.4 Å². The molecule has 1 saturated carbocycles. The third-order valence-electron chi connectivity index (χ3n) is 4.94. The monoisotopic (exact) mass is 316 g/mol. The van der Waals surface area contributed by atoms with E-state index in [1.54, 1.807) is 0 Å². The van der Waals surface area contributed by atoms with Crippen LogP contribution in [0.4, 0.5) is 0 Å². The summed E-state index contributed by atoms with van der Waals surface area (Å²) in [7, 11) is 0. The van der Waals surface area contributed by atoms with Crippen LogP contribution in [-0.4, -0.2) is 32.0 Å². The van der Waals surface area contributed by atoms with Gasteiger partial charge in [0.25, 0.3) is 0 Å². The Bertz CT molecular complexity index is 248. The van der Waals surface area contributed by atoms with Gasteiger partial charge in [-0.05, 0) is 12.8 Å². The molecule has 0 atom stereocenters. The van der Waals surface area contributed by atoms with Crippen molar-refractivity contribution in [3.63, 3.8) is 0 Å². The fourth-order valence-electron chi connectivity index (χ4n) is 3.26. The Kier molecular flexibility index (Phi) is 9.57. The van der Waals surface area contributed by atoms with Gasteiger partial charge in [0.05, 0.1) is 0 Å². The van der Waals surface area contributed by atoms with Crippen molar-refractivity contribution in [3.8, 4) is 0 Å². The topological polar surface area (TPSA) is 80.9 Å². The second-order valence-electron chi connectivity index (χ2n) is 7.08. The highest BCUT2D eigenvalue weighted by Gasteiger charge is 2.45. The normalized spacial score (nSPS) is 26.7. The fourth-order valence-corrected chi connectivity index (χ4v) is 3.26. The molecule has 0 unspecified atom stereocenters. The van der Waals surface area contributed by atoms with E-state index < -0.39 is 11.6 Å². The van der Waals surface area contributed by atoms with Crippen LogP contribution in [0.3, 0.4) is 0 Å². The summed E-state index contributed by atoms with van der Waals surface area (Å²) in [5, 5.41) is 39.8. The quantitative estimate of drug-likeness (QED) is 0.515. The van der Waals surface area contributed by atoms with E-state index in [2.05, 4.69) is 0 Å². The number of hydrogen-bond acceptors (Lipinski definition) is 4. The second kappa shape index (κ2) is 10.6. The SMILES string of the molecule is OC1(O)CCCCCCCCCCCCCCCCC1(O)O. The molecule has 4 heteroatoms. The minimum absolute atomic E-state index is 0.0278. The van der Waals surface area contributed by atoms with Crippen molar-refractivity contribution < 1.29 is 20.4 Å². The van der Waals surface area contributed by atoms with E-state index in [0.29, 0.717) is 12.8 Å². The lowest BCUT2D eigenvalue weighted by molar-refractivity contribution is -0.361. The van der Waals surface area contributed by atoms with Gasteiger partial charge >= 0.3 is 0 Å². The van der Waals surface area contributed by atoms with E-state index in [1.165, 1.54) is 51.4 Å². The summed E-state index contributed by atoms with van der Waals surface area (Å²) in [5.41, 5.74) is 0. The van der Waals surface area contributed by atoms with Crippen molar-refractivity contribution in [1.29, 1.82) is 0 Å². The summed E-state index contributed by atoms with van der Waals surface area (Å²) in [4.78, 5) is 0. The molecule has 0 aromatic rings. The van der Waals surface area contributed by atoms with Crippen LogP contribution in [0.15, 0.2) is 0 Å². The molecule has 132 valence electrons. The molecule has 0 heterocycles. The maximum atomic E-state index is 9.95. The third kappa shape index (κ3) is 7.91. The molecule has 0 bridgehead atoms. The molecule has 1 aliphatic rings. The average molecular weight is 316 g/mol. The van der Waals surface area contributed by atoms with Gasteiger partial charge in [0.15, 0.2) is 0 Å². The zero-order valence-electron chi connectivity index (χ0n) is 14.1. The molecule has 1 rings (SSSR count). The van der Waals surface area contributed by atoms with E-state index in [-0.39, 0.29) is 12.8 Å². The molecule has 22 heavy (non-hydrogen) atoms. The van der Waals surface area contributed by atoms with E-state index in [4.69, 9.17) is 0 Å². The summed E-state index contributed by atoms with van der Waals surface area (Å²) in [5.74, 6) is -4.78. The van der Waals surface area contributed by atoms with Crippen LogP contribution in [0, 0.1) is 0 Å². The van der Waals surface area contributed by atoms with Crippen LogP contribution in [-0.2, 0) is 0 Å². The van der Waals surface area contributed by atoms with Gasteiger partial charge in [-0.25, -0.2) is 0 Å². The third-order valence-corrected chi connectivity index (χ3v) is 4.94. The molecule has 0 aromatic heterocycles. The predicted octanol–water partition coefficient (Wildman–Crippen LogP) is 3.60. The van der Waals surface area contributed by atoms with E-state index in [1.807, 2.05) is 0 Å². The van der Waals surface area contributed by atoms with Crippen molar-refractivity contribution in [2.24, 2.45) is 0 Å². The molecule has 1 aliphatic carbocycles. The number of hydrogen-bond donors (Lipinski definition) is 4. The number of aliphatic hydroxyl groups is 4. The predicted molar refractivity (Wildman–Crippen MR) is 88.2 cm³/mol. The zero-order chi connectivity index (χ0) is 16.3. The van der Waals surface area contributed by atoms with Crippen molar-refractivity contribution in [3.05, 3.63) is 0 Å². The van der Waals surface area contributed by atoms with Gasteiger partial charge in [-0.1, -0.05) is 77.0 Å². The lowest BCUT2D eigenvalue weighted by Crippen LogP contribution is -2.54. The van der Waals surface area contributed by atoms with Gasteiger partial charge in [0, 0.05) is 12.8 Å². The molecule has 0 amide bonds. The van der Waals surface area contributed by atoms with Gasteiger partial charge in [-0.3, -0.25) is 0 Å². The van der Waals surface area contributed by atoms with Gasteiger partial charge in [-0.2, -0.15) is 0 Å². The maximum Gasteiger partial charge on any atom is 0.218 e. The molecule has 4 nitrogen and oxygen atoms in total. The standard InChI is InChI=1S/C18H36O4/c19-17(20)15-13-11-9-7-5-3-1-2-4-6-8-10-12-14-16-18(17,21)22/h19-22H,1-16H2. The number of rotatable bonds is 0. The summed E-state index contributed by atoms with van der Waals surface area (Å²) >= 11 is 0. The molecule has 0 aliphatic heterocycles. The Labute approximate surface area is 135 Å². The summed E-state index contributed by atoms with van der Waals surface area (Å²) in [6, 6.07) is 0. The first-order valence-electron chi connectivity index (χ1n) is 9.35. The molecule has 0 saturated heterocycles. The lowest BCUT2D eigenvalue weighted by atomic mass is 9.93. The van der Waals surface area contributed by atoms with E-state index >= 15 is 0 Å². The van der Waals surface area contributed by atoms with Crippen LogP contribution in [0.1, 0.15) is 103 Å². The Hall–Kier alpha value is -0.160. The van der Waals surface area contributed by atoms with Gasteiger partial charge in [0.2, 0.25) is 11.6 Å². The highest BCUT2D eigenvalue weighted by atomic mass is 16.6. The molecule has 4 N–H and O–H groups in total. The molecular formula is C18H36O4. The highest BCUT2D eigenvalue weighted by molar-refractivity contribution is 4.82. The van der Waals surface area contributed by atoms with Crippen LogP contribution < -0.4 is 0 Å². The van der Waals surface area contributed by atoms with Crippen molar-refractivity contribution in [1.82, 2.24) is 0 Å².